The van der Waals surface area contributed by atoms with Gasteiger partial charge in [0.05, 0.1) is 5.41 Å². The molecule has 0 N–H and O–H groups in total. The van der Waals surface area contributed by atoms with Gasteiger partial charge in [0.25, 0.3) is 0 Å². The molecule has 2 aliphatic carbocycles. The summed E-state index contributed by atoms with van der Waals surface area (Å²) < 4.78 is 5.82. The minimum Gasteiger partial charge on any atom is -0.462 e. The van der Waals surface area contributed by atoms with Crippen molar-refractivity contribution in [3.8, 4) is 0 Å². The van der Waals surface area contributed by atoms with Crippen molar-refractivity contribution < 1.29 is 9.53 Å². The minimum absolute atomic E-state index is 0.0908. The van der Waals surface area contributed by atoms with Crippen LogP contribution in [0.2, 0.25) is 0 Å². The van der Waals surface area contributed by atoms with E-state index in [4.69, 9.17) is 4.74 Å². The third-order valence-corrected chi connectivity index (χ3v) is 4.89. The summed E-state index contributed by atoms with van der Waals surface area (Å²) in [5.41, 5.74) is -0.0400. The van der Waals surface area contributed by atoms with Gasteiger partial charge >= 0.3 is 5.97 Å². The van der Waals surface area contributed by atoms with Crippen molar-refractivity contribution >= 4 is 5.97 Å². The fourth-order valence-electron chi connectivity index (χ4n) is 3.63. The third kappa shape index (κ3) is 2.57. The Morgan fingerprint density at radius 3 is 2.22 bits per heavy atom. The van der Waals surface area contributed by atoms with Crippen LogP contribution in [0.25, 0.3) is 0 Å². The van der Waals surface area contributed by atoms with Crippen LogP contribution in [0.3, 0.4) is 0 Å². The summed E-state index contributed by atoms with van der Waals surface area (Å²) in [4.78, 5) is 12.5. The van der Waals surface area contributed by atoms with Gasteiger partial charge in [0.1, 0.15) is 6.10 Å². The molecule has 0 aromatic rings. The molecule has 1 atom stereocenters. The van der Waals surface area contributed by atoms with Crippen LogP contribution in [0.5, 0.6) is 0 Å². The zero-order valence-electron chi connectivity index (χ0n) is 12.4. The SMILES string of the molecule is CC(C)CC1(C(=O)OC2CCCCC2)CC1(C)C. The van der Waals surface area contributed by atoms with E-state index >= 15 is 0 Å². The second kappa shape index (κ2) is 4.86. The van der Waals surface area contributed by atoms with Crippen LogP contribution in [0.1, 0.15) is 72.6 Å². The van der Waals surface area contributed by atoms with E-state index in [0.717, 1.165) is 25.7 Å². The second-order valence-electron chi connectivity index (χ2n) is 7.41. The van der Waals surface area contributed by atoms with Crippen LogP contribution >= 0.6 is 0 Å². The van der Waals surface area contributed by atoms with Crippen LogP contribution in [0.4, 0.5) is 0 Å². The summed E-state index contributed by atoms with van der Waals surface area (Å²) in [6, 6.07) is 0. The van der Waals surface area contributed by atoms with Crippen LogP contribution in [-0.2, 0) is 9.53 Å². The van der Waals surface area contributed by atoms with Crippen molar-refractivity contribution in [2.24, 2.45) is 16.7 Å². The Bertz CT molecular complexity index is 313. The highest BCUT2D eigenvalue weighted by Crippen LogP contribution is 2.67. The predicted octanol–water partition coefficient (Wildman–Crippen LogP) is 4.32. The molecule has 0 aliphatic heterocycles. The number of carbonyl (C=O) groups excluding carboxylic acids is 1. The first-order valence-corrected chi connectivity index (χ1v) is 7.58. The Balaban J connectivity index is 1.97. The molecular formula is C16H28O2. The summed E-state index contributed by atoms with van der Waals surface area (Å²) >= 11 is 0. The topological polar surface area (TPSA) is 26.3 Å². The maximum Gasteiger partial charge on any atom is 0.312 e. The van der Waals surface area contributed by atoms with Crippen molar-refractivity contribution in [1.29, 1.82) is 0 Å². The Labute approximate surface area is 111 Å². The highest BCUT2D eigenvalue weighted by atomic mass is 16.5. The lowest BCUT2D eigenvalue weighted by Crippen LogP contribution is -2.30. The van der Waals surface area contributed by atoms with Crippen molar-refractivity contribution in [3.05, 3.63) is 0 Å². The number of rotatable bonds is 4. The Morgan fingerprint density at radius 2 is 1.78 bits per heavy atom. The fourth-order valence-corrected chi connectivity index (χ4v) is 3.63. The molecule has 0 aromatic heterocycles. The normalized spacial score (nSPS) is 31.4. The summed E-state index contributed by atoms with van der Waals surface area (Å²) in [5.74, 6) is 0.652. The van der Waals surface area contributed by atoms with E-state index < -0.39 is 0 Å². The van der Waals surface area contributed by atoms with Crippen molar-refractivity contribution in [3.63, 3.8) is 0 Å². The van der Waals surface area contributed by atoms with Crippen molar-refractivity contribution in [1.82, 2.24) is 0 Å². The molecule has 2 rings (SSSR count). The van der Waals surface area contributed by atoms with E-state index in [9.17, 15) is 4.79 Å². The van der Waals surface area contributed by atoms with Crippen LogP contribution in [-0.4, -0.2) is 12.1 Å². The van der Waals surface area contributed by atoms with Crippen LogP contribution in [0, 0.1) is 16.7 Å². The molecule has 2 fully saturated rings. The van der Waals surface area contributed by atoms with Gasteiger partial charge < -0.3 is 4.74 Å². The molecule has 0 aromatic carbocycles. The lowest BCUT2D eigenvalue weighted by Gasteiger charge is -2.27. The van der Waals surface area contributed by atoms with Crippen LogP contribution < -0.4 is 0 Å². The first kappa shape index (κ1) is 13.9. The van der Waals surface area contributed by atoms with E-state index in [1.807, 2.05) is 0 Å². The highest BCUT2D eigenvalue weighted by Gasteiger charge is 2.67. The monoisotopic (exact) mass is 252 g/mol. The molecule has 1 unspecified atom stereocenters. The molecular weight excluding hydrogens is 224 g/mol. The predicted molar refractivity (Wildman–Crippen MR) is 73.3 cm³/mol. The number of ether oxygens (including phenoxy) is 1. The first-order valence-electron chi connectivity index (χ1n) is 7.58. The summed E-state index contributed by atoms with van der Waals surface area (Å²) in [7, 11) is 0. The summed E-state index contributed by atoms with van der Waals surface area (Å²) in [6.45, 7) is 8.81. The van der Waals surface area contributed by atoms with Gasteiger partial charge in [-0.05, 0) is 49.9 Å². The van der Waals surface area contributed by atoms with Crippen molar-refractivity contribution in [2.45, 2.75) is 78.7 Å². The maximum atomic E-state index is 12.5. The first-order chi connectivity index (χ1) is 8.37. The molecule has 2 saturated carbocycles. The Morgan fingerprint density at radius 1 is 1.22 bits per heavy atom. The molecule has 0 heterocycles. The van der Waals surface area contributed by atoms with Gasteiger partial charge in [0.15, 0.2) is 0 Å². The van der Waals surface area contributed by atoms with Crippen molar-refractivity contribution in [2.75, 3.05) is 0 Å². The molecule has 0 amide bonds. The molecule has 0 radical (unpaired) electrons. The number of hydrogen-bond donors (Lipinski definition) is 0. The van der Waals surface area contributed by atoms with Gasteiger partial charge in [0.2, 0.25) is 0 Å². The van der Waals surface area contributed by atoms with E-state index in [1.54, 1.807) is 0 Å². The Hall–Kier alpha value is -0.530. The molecule has 18 heavy (non-hydrogen) atoms. The zero-order chi connectivity index (χ0) is 13.4. The minimum atomic E-state index is -0.182. The molecule has 0 saturated heterocycles. The van der Waals surface area contributed by atoms with Gasteiger partial charge in [-0.1, -0.05) is 34.1 Å². The van der Waals surface area contributed by atoms with Gasteiger partial charge in [0, 0.05) is 0 Å². The summed E-state index contributed by atoms with van der Waals surface area (Å²) in [5, 5.41) is 0. The average molecular weight is 252 g/mol. The Kier molecular flexibility index (Phi) is 3.75. The van der Waals surface area contributed by atoms with Crippen LogP contribution in [0.15, 0.2) is 0 Å². The van der Waals surface area contributed by atoms with Gasteiger partial charge in [-0.25, -0.2) is 0 Å². The van der Waals surface area contributed by atoms with E-state index in [1.165, 1.54) is 19.3 Å². The second-order valence-corrected chi connectivity index (χ2v) is 7.41. The van der Waals surface area contributed by atoms with Gasteiger partial charge in [-0.2, -0.15) is 0 Å². The quantitative estimate of drug-likeness (QED) is 0.696. The average Bonchev–Trinajstić information content (AvgIpc) is 2.82. The van der Waals surface area contributed by atoms with E-state index in [0.29, 0.717) is 5.92 Å². The largest absolute Gasteiger partial charge is 0.462 e. The number of hydrogen-bond acceptors (Lipinski definition) is 2. The zero-order valence-corrected chi connectivity index (χ0v) is 12.4. The molecule has 2 aliphatic rings. The number of carbonyl (C=O) groups is 1. The van der Waals surface area contributed by atoms with Gasteiger partial charge in [-0.15, -0.1) is 0 Å². The standard InChI is InChI=1S/C16H28O2/c1-12(2)10-16(11-15(16,3)4)14(17)18-13-8-6-5-7-9-13/h12-13H,5-11H2,1-4H3. The molecule has 0 bridgehead atoms. The molecule has 2 heteroatoms. The van der Waals surface area contributed by atoms with E-state index in [-0.39, 0.29) is 22.9 Å². The highest BCUT2D eigenvalue weighted by molar-refractivity contribution is 5.82. The fraction of sp³-hybridized carbons (Fsp3) is 0.938. The molecule has 0 spiro atoms. The number of esters is 1. The van der Waals surface area contributed by atoms with E-state index in [2.05, 4.69) is 27.7 Å². The lowest BCUT2D eigenvalue weighted by molar-refractivity contribution is -0.159. The third-order valence-electron chi connectivity index (χ3n) is 4.89. The maximum absolute atomic E-state index is 12.5. The lowest BCUT2D eigenvalue weighted by atomic mass is 9.87. The molecule has 104 valence electrons. The molecule has 2 nitrogen and oxygen atoms in total. The summed E-state index contributed by atoms with van der Waals surface area (Å²) in [6.07, 6.45) is 8.07. The van der Waals surface area contributed by atoms with Gasteiger partial charge in [-0.3, -0.25) is 4.79 Å². The smallest absolute Gasteiger partial charge is 0.312 e.